The van der Waals surface area contributed by atoms with Gasteiger partial charge < -0.3 is 19.1 Å². The van der Waals surface area contributed by atoms with Gasteiger partial charge in [-0.2, -0.15) is 0 Å². The van der Waals surface area contributed by atoms with Crippen molar-refractivity contribution in [2.45, 2.75) is 112 Å². The second kappa shape index (κ2) is 15.3. The first kappa shape index (κ1) is 30.3. The predicted octanol–water partition coefficient (Wildman–Crippen LogP) is 5.00. The van der Waals surface area contributed by atoms with Crippen LogP contribution in [-0.4, -0.2) is 86.6 Å². The summed E-state index contributed by atoms with van der Waals surface area (Å²) in [5.41, 5.74) is -0.309. The van der Waals surface area contributed by atoms with E-state index in [1.54, 1.807) is 7.11 Å². The van der Waals surface area contributed by atoms with E-state index < -0.39 is 0 Å². The lowest BCUT2D eigenvalue weighted by Crippen LogP contribution is -2.54. The Morgan fingerprint density at radius 2 is 1.55 bits per heavy atom. The third-order valence-electron chi connectivity index (χ3n) is 6.83. The highest BCUT2D eigenvalue weighted by atomic mass is 16.5. The van der Waals surface area contributed by atoms with Crippen molar-refractivity contribution in [2.24, 2.45) is 11.3 Å². The third kappa shape index (κ3) is 9.46. The Morgan fingerprint density at radius 1 is 0.970 bits per heavy atom. The van der Waals surface area contributed by atoms with Crippen LogP contribution in [0.15, 0.2) is 0 Å². The van der Waals surface area contributed by atoms with Gasteiger partial charge in [0.05, 0.1) is 24.4 Å². The van der Waals surface area contributed by atoms with Gasteiger partial charge in [-0.3, -0.25) is 9.69 Å². The van der Waals surface area contributed by atoms with Crippen LogP contribution in [0.25, 0.3) is 0 Å². The number of methoxy groups -OCH3 is 1. The molecule has 3 aliphatic rings. The van der Waals surface area contributed by atoms with Gasteiger partial charge in [0.25, 0.3) is 0 Å². The van der Waals surface area contributed by atoms with Gasteiger partial charge in [-0.1, -0.05) is 48.5 Å². The van der Waals surface area contributed by atoms with Crippen LogP contribution in [0.4, 0.5) is 0 Å². The number of carbonyl (C=O) groups excluding carboxylic acids is 1. The molecule has 1 unspecified atom stereocenters. The molecule has 0 N–H and O–H groups in total. The van der Waals surface area contributed by atoms with Gasteiger partial charge >= 0.3 is 0 Å². The second-order valence-corrected chi connectivity index (χ2v) is 10.1. The molecule has 1 amide bonds. The SMILES string of the molecule is CC.CC.CCOC1CN(CC(C)CC(C)(C)C(=O)N2CCC(OC3CC(OC)C3)CC2)C1. The van der Waals surface area contributed by atoms with Crippen molar-refractivity contribution in [3.63, 3.8) is 0 Å². The topological polar surface area (TPSA) is 51.2 Å². The Kier molecular flexibility index (Phi) is 14.1. The maximum absolute atomic E-state index is 13.2. The lowest BCUT2D eigenvalue weighted by Gasteiger charge is -2.42. The van der Waals surface area contributed by atoms with Crippen molar-refractivity contribution in [3.8, 4) is 0 Å². The van der Waals surface area contributed by atoms with Crippen LogP contribution in [0.1, 0.15) is 87.5 Å². The molecule has 2 aliphatic heterocycles. The largest absolute Gasteiger partial charge is 0.381 e. The molecular weight excluding hydrogens is 416 g/mol. The van der Waals surface area contributed by atoms with Crippen molar-refractivity contribution < 1.29 is 19.0 Å². The number of likely N-dealkylation sites (tertiary alicyclic amines) is 2. The Labute approximate surface area is 204 Å². The van der Waals surface area contributed by atoms with Crippen LogP contribution in [0.3, 0.4) is 0 Å². The molecule has 2 heterocycles. The number of piperidine rings is 1. The summed E-state index contributed by atoms with van der Waals surface area (Å²) < 4.78 is 17.2. The minimum absolute atomic E-state index is 0.300. The maximum atomic E-state index is 13.2. The maximum Gasteiger partial charge on any atom is 0.228 e. The first-order valence-electron chi connectivity index (χ1n) is 13.6. The van der Waals surface area contributed by atoms with Crippen molar-refractivity contribution in [3.05, 3.63) is 0 Å². The van der Waals surface area contributed by atoms with Crippen LogP contribution in [0, 0.1) is 11.3 Å². The van der Waals surface area contributed by atoms with E-state index >= 15 is 0 Å². The quantitative estimate of drug-likeness (QED) is 0.450. The van der Waals surface area contributed by atoms with Crippen LogP contribution >= 0.6 is 0 Å². The van der Waals surface area contributed by atoms with E-state index in [1.807, 2.05) is 27.7 Å². The van der Waals surface area contributed by atoms with Crippen LogP contribution < -0.4 is 0 Å². The van der Waals surface area contributed by atoms with Crippen molar-refractivity contribution in [2.75, 3.05) is 46.4 Å². The molecule has 0 radical (unpaired) electrons. The molecule has 6 nitrogen and oxygen atoms in total. The zero-order valence-electron chi connectivity index (χ0n) is 23.2. The molecule has 1 saturated carbocycles. The fourth-order valence-electron chi connectivity index (χ4n) is 5.19. The Bertz CT molecular complexity index is 522. The van der Waals surface area contributed by atoms with Gasteiger partial charge in [0.1, 0.15) is 0 Å². The number of carbonyl (C=O) groups is 1. The zero-order chi connectivity index (χ0) is 25.0. The summed E-state index contributed by atoms with van der Waals surface area (Å²) in [6.07, 6.45) is 6.32. The van der Waals surface area contributed by atoms with Gasteiger partial charge in [0.2, 0.25) is 5.91 Å². The zero-order valence-corrected chi connectivity index (χ0v) is 23.2. The molecule has 196 valence electrons. The molecule has 1 atom stereocenters. The van der Waals surface area contributed by atoms with Crippen LogP contribution in [0.2, 0.25) is 0 Å². The van der Waals surface area contributed by atoms with E-state index in [0.717, 1.165) is 71.4 Å². The van der Waals surface area contributed by atoms with E-state index in [1.165, 1.54) is 0 Å². The molecule has 0 aromatic rings. The Hall–Kier alpha value is -0.690. The molecule has 3 rings (SSSR count). The third-order valence-corrected chi connectivity index (χ3v) is 6.83. The van der Waals surface area contributed by atoms with Gasteiger partial charge in [0.15, 0.2) is 0 Å². The summed E-state index contributed by atoms with van der Waals surface area (Å²) in [5.74, 6) is 0.812. The molecule has 33 heavy (non-hydrogen) atoms. The Morgan fingerprint density at radius 3 is 2.06 bits per heavy atom. The first-order chi connectivity index (χ1) is 15.8. The number of amides is 1. The summed E-state index contributed by atoms with van der Waals surface area (Å²) in [7, 11) is 1.77. The highest BCUT2D eigenvalue weighted by molar-refractivity contribution is 5.82. The molecule has 0 spiro atoms. The number of hydrogen-bond donors (Lipinski definition) is 0. The highest BCUT2D eigenvalue weighted by Crippen LogP contribution is 2.32. The smallest absolute Gasteiger partial charge is 0.228 e. The van der Waals surface area contributed by atoms with Crippen molar-refractivity contribution >= 4 is 5.91 Å². The molecule has 2 saturated heterocycles. The molecule has 6 heteroatoms. The van der Waals surface area contributed by atoms with Gasteiger partial charge in [0, 0.05) is 51.9 Å². The van der Waals surface area contributed by atoms with E-state index in [-0.39, 0.29) is 5.41 Å². The van der Waals surface area contributed by atoms with Gasteiger partial charge in [-0.05, 0) is 44.9 Å². The average Bonchev–Trinajstić information content (AvgIpc) is 2.77. The van der Waals surface area contributed by atoms with E-state index in [0.29, 0.717) is 36.2 Å². The van der Waals surface area contributed by atoms with E-state index in [9.17, 15) is 4.79 Å². The number of rotatable bonds is 10. The average molecular weight is 471 g/mol. The molecule has 0 aromatic carbocycles. The Balaban J connectivity index is 0.00000129. The monoisotopic (exact) mass is 470 g/mol. The summed E-state index contributed by atoms with van der Waals surface area (Å²) >= 11 is 0. The van der Waals surface area contributed by atoms with E-state index in [2.05, 4.69) is 37.5 Å². The number of hydrogen-bond acceptors (Lipinski definition) is 5. The summed E-state index contributed by atoms with van der Waals surface area (Å²) in [6, 6.07) is 0. The molecule has 0 bridgehead atoms. The van der Waals surface area contributed by atoms with Crippen LogP contribution in [-0.2, 0) is 19.0 Å². The van der Waals surface area contributed by atoms with Crippen LogP contribution in [0.5, 0.6) is 0 Å². The lowest BCUT2D eigenvalue weighted by atomic mass is 9.81. The summed E-state index contributed by atoms with van der Waals surface area (Å²) in [5, 5.41) is 0. The van der Waals surface area contributed by atoms with Crippen molar-refractivity contribution in [1.29, 1.82) is 0 Å². The molecule has 0 aromatic heterocycles. The van der Waals surface area contributed by atoms with Gasteiger partial charge in [-0.15, -0.1) is 0 Å². The minimum Gasteiger partial charge on any atom is -0.381 e. The fourth-order valence-corrected chi connectivity index (χ4v) is 5.19. The summed E-state index contributed by atoms with van der Waals surface area (Å²) in [6.45, 7) is 22.1. The number of ether oxygens (including phenoxy) is 3. The molecule has 3 fully saturated rings. The molecular formula is C27H54N2O4. The normalized spacial score (nSPS) is 25.1. The van der Waals surface area contributed by atoms with Crippen molar-refractivity contribution in [1.82, 2.24) is 9.80 Å². The standard InChI is InChI=1S/C23H42N2O4.2C2H6/c1-6-28-21-15-24(16-21)14-17(2)13-23(3,4)22(26)25-9-7-18(8-10-25)29-20-11-19(12-20)27-5;2*1-2/h17-21H,6-16H2,1-5H3;2*1-2H3. The second-order valence-electron chi connectivity index (χ2n) is 10.1. The lowest BCUT2D eigenvalue weighted by molar-refractivity contribution is -0.149. The highest BCUT2D eigenvalue weighted by Gasteiger charge is 2.38. The number of nitrogens with zero attached hydrogens (tertiary/aromatic N) is 2. The van der Waals surface area contributed by atoms with E-state index in [4.69, 9.17) is 14.2 Å². The summed E-state index contributed by atoms with van der Waals surface area (Å²) in [4.78, 5) is 17.7. The fraction of sp³-hybridized carbons (Fsp3) is 0.963. The predicted molar refractivity (Wildman–Crippen MR) is 137 cm³/mol. The first-order valence-corrected chi connectivity index (χ1v) is 13.6. The van der Waals surface area contributed by atoms with Gasteiger partial charge in [-0.25, -0.2) is 0 Å². The minimum atomic E-state index is -0.309. The molecule has 1 aliphatic carbocycles.